The summed E-state index contributed by atoms with van der Waals surface area (Å²) in [5.41, 5.74) is 7.74. The molecule has 0 aromatic carbocycles. The van der Waals surface area contributed by atoms with Crippen molar-refractivity contribution >= 4 is 5.69 Å². The first-order valence-corrected chi connectivity index (χ1v) is 5.88. The molecule has 0 spiro atoms. The van der Waals surface area contributed by atoms with Crippen LogP contribution in [0, 0.1) is 0 Å². The lowest BCUT2D eigenvalue weighted by Gasteiger charge is -2.00. The fraction of sp³-hybridized carbons (Fsp3) is 0.462. The lowest BCUT2D eigenvalue weighted by Crippen LogP contribution is -2.15. The van der Waals surface area contributed by atoms with Gasteiger partial charge in [0.05, 0.1) is 0 Å². The van der Waals surface area contributed by atoms with E-state index in [0.29, 0.717) is 0 Å². The Labute approximate surface area is 97.8 Å². The van der Waals surface area contributed by atoms with Gasteiger partial charge in [-0.2, -0.15) is 0 Å². The van der Waals surface area contributed by atoms with E-state index in [9.17, 15) is 0 Å². The molecule has 16 heavy (non-hydrogen) atoms. The maximum atomic E-state index is 5.81. The van der Waals surface area contributed by atoms with Gasteiger partial charge in [0.2, 0.25) is 0 Å². The molecule has 1 heterocycles. The number of nitrogens with zero attached hydrogens (tertiary/aromatic N) is 1. The molecule has 0 aliphatic rings. The van der Waals surface area contributed by atoms with Gasteiger partial charge in [-0.15, -0.1) is 0 Å². The van der Waals surface area contributed by atoms with Crippen LogP contribution in [0.5, 0.6) is 0 Å². The minimum Gasteiger partial charge on any atom is -0.398 e. The van der Waals surface area contributed by atoms with Crippen LogP contribution in [0.4, 0.5) is 5.69 Å². The Morgan fingerprint density at radius 3 is 3.00 bits per heavy atom. The number of hydrogen-bond donors (Lipinski definition) is 2. The molecule has 0 aliphatic heterocycles. The third-order valence-corrected chi connectivity index (χ3v) is 2.36. The number of allylic oxidation sites excluding steroid dienone is 1. The third-order valence-electron chi connectivity index (χ3n) is 2.36. The summed E-state index contributed by atoms with van der Waals surface area (Å²) < 4.78 is 0. The van der Waals surface area contributed by atoms with E-state index in [1.165, 1.54) is 6.42 Å². The monoisotopic (exact) mass is 219 g/mol. The first-order valence-electron chi connectivity index (χ1n) is 5.88. The third kappa shape index (κ3) is 4.94. The summed E-state index contributed by atoms with van der Waals surface area (Å²) in [5.74, 6) is 0. The van der Waals surface area contributed by atoms with Gasteiger partial charge in [-0.3, -0.25) is 4.98 Å². The topological polar surface area (TPSA) is 50.9 Å². The van der Waals surface area contributed by atoms with E-state index in [4.69, 9.17) is 5.73 Å². The lowest BCUT2D eigenvalue weighted by molar-refractivity contribution is 0.678. The zero-order valence-corrected chi connectivity index (χ0v) is 9.95. The van der Waals surface area contributed by atoms with Crippen molar-refractivity contribution in [1.82, 2.24) is 10.3 Å². The molecule has 0 saturated carbocycles. The van der Waals surface area contributed by atoms with Gasteiger partial charge in [-0.05, 0) is 44.0 Å². The normalized spacial score (nSPS) is 11.1. The molecule has 1 aromatic rings. The predicted octanol–water partition coefficient (Wildman–Crippen LogP) is 2.15. The molecular weight excluding hydrogens is 198 g/mol. The van der Waals surface area contributed by atoms with E-state index in [2.05, 4.69) is 29.4 Å². The van der Waals surface area contributed by atoms with Crippen molar-refractivity contribution in [3.05, 3.63) is 36.2 Å². The quantitative estimate of drug-likeness (QED) is 0.546. The number of aromatic nitrogens is 1. The van der Waals surface area contributed by atoms with Crippen LogP contribution in [0.1, 0.15) is 25.3 Å². The summed E-state index contributed by atoms with van der Waals surface area (Å²) in [4.78, 5) is 4.06. The lowest BCUT2D eigenvalue weighted by atomic mass is 10.1. The Morgan fingerprint density at radius 1 is 1.38 bits per heavy atom. The fourth-order valence-electron chi connectivity index (χ4n) is 1.42. The summed E-state index contributed by atoms with van der Waals surface area (Å²) in [6.45, 7) is 4.32. The van der Waals surface area contributed by atoms with E-state index >= 15 is 0 Å². The summed E-state index contributed by atoms with van der Waals surface area (Å²) in [5, 5.41) is 3.36. The average molecular weight is 219 g/mol. The van der Waals surface area contributed by atoms with Gasteiger partial charge >= 0.3 is 0 Å². The maximum Gasteiger partial charge on any atom is 0.0380 e. The molecule has 0 amide bonds. The molecule has 0 atom stereocenters. The molecule has 3 heteroatoms. The zero-order valence-electron chi connectivity index (χ0n) is 9.95. The Morgan fingerprint density at radius 2 is 2.25 bits per heavy atom. The highest BCUT2D eigenvalue weighted by molar-refractivity contribution is 5.45. The van der Waals surface area contributed by atoms with E-state index in [0.717, 1.165) is 37.2 Å². The fourth-order valence-corrected chi connectivity index (χ4v) is 1.42. The van der Waals surface area contributed by atoms with Crippen LogP contribution in [-0.4, -0.2) is 18.1 Å². The van der Waals surface area contributed by atoms with E-state index in [1.807, 2.05) is 12.3 Å². The van der Waals surface area contributed by atoms with Gasteiger partial charge in [-0.25, -0.2) is 0 Å². The molecule has 3 nitrogen and oxygen atoms in total. The van der Waals surface area contributed by atoms with E-state index < -0.39 is 0 Å². The predicted molar refractivity (Wildman–Crippen MR) is 69.3 cm³/mol. The van der Waals surface area contributed by atoms with Crippen LogP contribution in [0.3, 0.4) is 0 Å². The largest absolute Gasteiger partial charge is 0.398 e. The summed E-state index contributed by atoms with van der Waals surface area (Å²) >= 11 is 0. The van der Waals surface area contributed by atoms with Crippen LogP contribution in [-0.2, 0) is 6.42 Å². The molecular formula is C13H21N3. The highest BCUT2D eigenvalue weighted by Gasteiger charge is 1.94. The Bertz CT molecular complexity index is 321. The zero-order chi connectivity index (χ0) is 11.6. The van der Waals surface area contributed by atoms with Gasteiger partial charge < -0.3 is 11.1 Å². The smallest absolute Gasteiger partial charge is 0.0380 e. The number of nitrogens with one attached hydrogen (secondary N) is 1. The van der Waals surface area contributed by atoms with E-state index in [1.54, 1.807) is 6.20 Å². The first-order chi connectivity index (χ1) is 7.84. The number of pyridine rings is 1. The molecule has 0 bridgehead atoms. The second-order valence-electron chi connectivity index (χ2n) is 3.79. The summed E-state index contributed by atoms with van der Waals surface area (Å²) in [6.07, 6.45) is 11.0. The number of nitrogens with two attached hydrogens (primary N) is 1. The number of hydrogen-bond acceptors (Lipinski definition) is 3. The minimum absolute atomic E-state index is 0.823. The summed E-state index contributed by atoms with van der Waals surface area (Å²) in [6, 6.07) is 1.84. The van der Waals surface area contributed by atoms with Crippen molar-refractivity contribution in [2.24, 2.45) is 0 Å². The minimum atomic E-state index is 0.823. The second kappa shape index (κ2) is 7.88. The van der Waals surface area contributed by atoms with Crippen molar-refractivity contribution in [2.45, 2.75) is 26.2 Å². The van der Waals surface area contributed by atoms with Crippen molar-refractivity contribution in [3.63, 3.8) is 0 Å². The van der Waals surface area contributed by atoms with Crippen molar-refractivity contribution in [3.8, 4) is 0 Å². The molecule has 0 unspecified atom stereocenters. The van der Waals surface area contributed by atoms with Crippen LogP contribution in [0.15, 0.2) is 30.6 Å². The highest BCUT2D eigenvalue weighted by atomic mass is 14.8. The SMILES string of the molecule is CCCNCCC=CCc1cnccc1N. The Kier molecular flexibility index (Phi) is 6.26. The first kappa shape index (κ1) is 12.7. The van der Waals surface area contributed by atoms with Crippen molar-refractivity contribution in [1.29, 1.82) is 0 Å². The van der Waals surface area contributed by atoms with Gasteiger partial charge in [0, 0.05) is 18.1 Å². The highest BCUT2D eigenvalue weighted by Crippen LogP contribution is 2.09. The van der Waals surface area contributed by atoms with Crippen molar-refractivity contribution in [2.75, 3.05) is 18.8 Å². The van der Waals surface area contributed by atoms with Gasteiger partial charge in [0.25, 0.3) is 0 Å². The Hall–Kier alpha value is -1.35. The second-order valence-corrected chi connectivity index (χ2v) is 3.79. The van der Waals surface area contributed by atoms with Gasteiger partial charge in [-0.1, -0.05) is 19.1 Å². The molecule has 3 N–H and O–H groups in total. The standard InChI is InChI=1S/C13H21N3/c1-2-8-15-9-5-3-4-6-12-11-16-10-7-13(12)14/h3-4,7,10-11,15H,2,5-6,8-9H2,1H3,(H2,14,16). The van der Waals surface area contributed by atoms with Crippen LogP contribution in [0.25, 0.3) is 0 Å². The van der Waals surface area contributed by atoms with Gasteiger partial charge in [0.1, 0.15) is 0 Å². The maximum absolute atomic E-state index is 5.81. The van der Waals surface area contributed by atoms with Crippen LogP contribution >= 0.6 is 0 Å². The number of anilines is 1. The number of rotatable bonds is 7. The van der Waals surface area contributed by atoms with Gasteiger partial charge in [0.15, 0.2) is 0 Å². The van der Waals surface area contributed by atoms with Crippen LogP contribution < -0.4 is 11.1 Å². The van der Waals surface area contributed by atoms with Crippen molar-refractivity contribution < 1.29 is 0 Å². The molecule has 0 fully saturated rings. The van der Waals surface area contributed by atoms with Crippen LogP contribution in [0.2, 0.25) is 0 Å². The summed E-state index contributed by atoms with van der Waals surface area (Å²) in [7, 11) is 0. The molecule has 88 valence electrons. The molecule has 1 aromatic heterocycles. The molecule has 0 saturated heterocycles. The average Bonchev–Trinajstić information content (AvgIpc) is 2.30. The molecule has 1 rings (SSSR count). The molecule has 0 radical (unpaired) electrons. The Balaban J connectivity index is 2.19. The van der Waals surface area contributed by atoms with E-state index in [-0.39, 0.29) is 0 Å². The molecule has 0 aliphatic carbocycles. The number of nitrogen functional groups attached to an aromatic ring is 1.